The molecule has 2 N–H and O–H groups in total. The summed E-state index contributed by atoms with van der Waals surface area (Å²) in [4.78, 5) is 4.84. The highest BCUT2D eigenvalue weighted by Crippen LogP contribution is 2.26. The fourth-order valence-corrected chi connectivity index (χ4v) is 3.81. The van der Waals surface area contributed by atoms with Gasteiger partial charge in [-0.15, -0.1) is 34.2 Å². The van der Waals surface area contributed by atoms with Gasteiger partial charge in [-0.1, -0.05) is 43.7 Å². The van der Waals surface area contributed by atoms with E-state index in [4.69, 9.17) is 4.99 Å². The van der Waals surface area contributed by atoms with E-state index in [0.717, 1.165) is 23.5 Å². The minimum atomic E-state index is 0. The topological polar surface area (TPSA) is 67.1 Å². The normalized spacial score (nSPS) is 20.6. The maximum atomic E-state index is 4.84. The maximum Gasteiger partial charge on any atom is 0.192 e. The van der Waals surface area contributed by atoms with Crippen LogP contribution in [0.5, 0.6) is 0 Å². The molecule has 2 aromatic rings. The Hall–Kier alpha value is -1.64. The summed E-state index contributed by atoms with van der Waals surface area (Å²) in [6, 6.07) is 11.2. The lowest BCUT2D eigenvalue weighted by Gasteiger charge is -2.30. The number of nitrogens with one attached hydrogen (secondary N) is 2. The van der Waals surface area contributed by atoms with Crippen LogP contribution in [0.25, 0.3) is 0 Å². The van der Waals surface area contributed by atoms with Gasteiger partial charge in [-0.3, -0.25) is 0 Å². The first-order chi connectivity index (χ1) is 13.6. The molecule has 1 atom stereocenters. The molecule has 1 aliphatic rings. The van der Waals surface area contributed by atoms with Gasteiger partial charge in [0.2, 0.25) is 0 Å². The van der Waals surface area contributed by atoms with Gasteiger partial charge in [-0.25, -0.2) is 4.99 Å². The second-order valence-corrected chi connectivity index (χ2v) is 7.93. The summed E-state index contributed by atoms with van der Waals surface area (Å²) in [5.41, 5.74) is 1.25. The predicted octanol–water partition coefficient (Wildman–Crippen LogP) is 4.51. The van der Waals surface area contributed by atoms with Crippen LogP contribution in [0.1, 0.15) is 69.2 Å². The number of rotatable bonds is 6. The van der Waals surface area contributed by atoms with E-state index in [-0.39, 0.29) is 30.0 Å². The average Bonchev–Trinajstić information content (AvgIpc) is 3.05. The van der Waals surface area contributed by atoms with Crippen molar-refractivity contribution in [2.24, 2.45) is 18.0 Å². The lowest BCUT2D eigenvalue weighted by Crippen LogP contribution is -2.45. The Balaban J connectivity index is 0.00000300. The predicted molar refractivity (Wildman–Crippen MR) is 129 cm³/mol. The Morgan fingerprint density at radius 2 is 1.86 bits per heavy atom. The largest absolute Gasteiger partial charge is 0.354 e. The molecule has 1 fully saturated rings. The molecule has 1 aliphatic carbocycles. The molecular formula is C22H35IN6. The molecule has 0 bridgehead atoms. The van der Waals surface area contributed by atoms with Crippen molar-refractivity contribution in [1.82, 2.24) is 25.4 Å². The van der Waals surface area contributed by atoms with E-state index >= 15 is 0 Å². The van der Waals surface area contributed by atoms with Crippen LogP contribution in [0.15, 0.2) is 35.3 Å². The smallest absolute Gasteiger partial charge is 0.192 e. The van der Waals surface area contributed by atoms with Crippen molar-refractivity contribution in [3.05, 3.63) is 47.5 Å². The number of guanidine groups is 1. The fraction of sp³-hybridized carbons (Fsp3) is 0.591. The third-order valence-electron chi connectivity index (χ3n) is 5.98. The van der Waals surface area contributed by atoms with Crippen LogP contribution in [0.4, 0.5) is 0 Å². The standard InChI is InChI=1S/C22H34N6.HI/c1-5-18-11-13-20(14-12-18)25-22(23-15-21-27-26-17(3)28(21)4)24-16(2)19-9-7-6-8-10-19;/h6-10,16,18,20H,5,11-15H2,1-4H3,(H2,23,24,25);1H. The number of hydrogen-bond donors (Lipinski definition) is 2. The van der Waals surface area contributed by atoms with E-state index < -0.39 is 0 Å². The lowest BCUT2D eigenvalue weighted by atomic mass is 9.84. The SMILES string of the molecule is CCC1CCC(NC(=NCc2nnc(C)n2C)NC(C)c2ccccc2)CC1.I. The Morgan fingerprint density at radius 3 is 2.45 bits per heavy atom. The number of halogens is 1. The van der Waals surface area contributed by atoms with Crippen LogP contribution in [-0.2, 0) is 13.6 Å². The number of hydrogen-bond acceptors (Lipinski definition) is 3. The minimum Gasteiger partial charge on any atom is -0.354 e. The minimum absolute atomic E-state index is 0. The maximum absolute atomic E-state index is 4.84. The van der Waals surface area contributed by atoms with Crippen LogP contribution in [0.2, 0.25) is 0 Å². The zero-order valence-electron chi connectivity index (χ0n) is 18.1. The summed E-state index contributed by atoms with van der Waals surface area (Å²) >= 11 is 0. The summed E-state index contributed by atoms with van der Waals surface area (Å²) in [5.74, 6) is 3.53. The third-order valence-corrected chi connectivity index (χ3v) is 5.98. The van der Waals surface area contributed by atoms with Crippen LogP contribution in [0.3, 0.4) is 0 Å². The number of nitrogens with zero attached hydrogens (tertiary/aromatic N) is 4. The van der Waals surface area contributed by atoms with Gasteiger partial charge in [-0.2, -0.15) is 0 Å². The van der Waals surface area contributed by atoms with Gasteiger partial charge >= 0.3 is 0 Å². The zero-order valence-corrected chi connectivity index (χ0v) is 20.4. The monoisotopic (exact) mass is 510 g/mol. The molecule has 6 nitrogen and oxygen atoms in total. The molecule has 7 heteroatoms. The summed E-state index contributed by atoms with van der Waals surface area (Å²) in [6.07, 6.45) is 6.32. The van der Waals surface area contributed by atoms with Gasteiger partial charge in [0.1, 0.15) is 12.4 Å². The van der Waals surface area contributed by atoms with Crippen molar-refractivity contribution in [3.8, 4) is 0 Å². The molecule has 0 spiro atoms. The van der Waals surface area contributed by atoms with E-state index in [0.29, 0.717) is 12.6 Å². The third kappa shape index (κ3) is 6.69. The van der Waals surface area contributed by atoms with Crippen molar-refractivity contribution < 1.29 is 0 Å². The summed E-state index contributed by atoms with van der Waals surface area (Å²) in [6.45, 7) is 6.95. The van der Waals surface area contributed by atoms with Crippen LogP contribution in [-0.4, -0.2) is 26.8 Å². The highest BCUT2D eigenvalue weighted by atomic mass is 127. The van der Waals surface area contributed by atoms with Crippen LogP contribution in [0, 0.1) is 12.8 Å². The lowest BCUT2D eigenvalue weighted by molar-refractivity contribution is 0.303. The Labute approximate surface area is 192 Å². The van der Waals surface area contributed by atoms with E-state index in [1.165, 1.54) is 37.7 Å². The molecule has 1 unspecified atom stereocenters. The van der Waals surface area contributed by atoms with Crippen molar-refractivity contribution in [2.75, 3.05) is 0 Å². The Kier molecular flexibility index (Phi) is 9.39. The molecule has 160 valence electrons. The fourth-order valence-electron chi connectivity index (χ4n) is 3.81. The molecule has 1 heterocycles. The summed E-state index contributed by atoms with van der Waals surface area (Å²) in [7, 11) is 1.99. The van der Waals surface area contributed by atoms with Gasteiger partial charge < -0.3 is 15.2 Å². The highest BCUT2D eigenvalue weighted by molar-refractivity contribution is 14.0. The molecule has 0 radical (unpaired) electrons. The molecule has 1 aromatic heterocycles. The van der Waals surface area contributed by atoms with Crippen molar-refractivity contribution in [1.29, 1.82) is 0 Å². The van der Waals surface area contributed by atoms with E-state index in [9.17, 15) is 0 Å². The Bertz CT molecular complexity index is 765. The molecule has 3 rings (SSSR count). The number of aryl methyl sites for hydroxylation is 1. The molecular weight excluding hydrogens is 475 g/mol. The van der Waals surface area contributed by atoms with Gasteiger partial charge in [-0.05, 0) is 51.0 Å². The first kappa shape index (κ1) is 23.6. The number of aliphatic imine (C=N–C) groups is 1. The van der Waals surface area contributed by atoms with Gasteiger partial charge in [0, 0.05) is 13.1 Å². The molecule has 0 amide bonds. The molecule has 0 saturated heterocycles. The number of benzene rings is 1. The number of aromatic nitrogens is 3. The van der Waals surface area contributed by atoms with Crippen molar-refractivity contribution in [2.45, 2.75) is 71.5 Å². The zero-order chi connectivity index (χ0) is 19.9. The van der Waals surface area contributed by atoms with Crippen LogP contribution < -0.4 is 10.6 Å². The van der Waals surface area contributed by atoms with Crippen molar-refractivity contribution >= 4 is 29.9 Å². The quantitative estimate of drug-likeness (QED) is 0.341. The second kappa shape index (κ2) is 11.5. The molecule has 1 saturated carbocycles. The second-order valence-electron chi connectivity index (χ2n) is 7.93. The highest BCUT2D eigenvalue weighted by Gasteiger charge is 2.21. The Morgan fingerprint density at radius 1 is 1.17 bits per heavy atom. The molecule has 1 aromatic carbocycles. The first-order valence-corrected chi connectivity index (χ1v) is 10.5. The van der Waals surface area contributed by atoms with Crippen molar-refractivity contribution in [3.63, 3.8) is 0 Å². The summed E-state index contributed by atoms with van der Waals surface area (Å²) < 4.78 is 1.99. The van der Waals surface area contributed by atoms with E-state index in [2.05, 4.69) is 58.9 Å². The molecule has 0 aliphatic heterocycles. The van der Waals surface area contributed by atoms with Crippen LogP contribution >= 0.6 is 24.0 Å². The average molecular weight is 510 g/mol. The van der Waals surface area contributed by atoms with Gasteiger partial charge in [0.15, 0.2) is 11.8 Å². The van der Waals surface area contributed by atoms with E-state index in [1.807, 2.05) is 24.6 Å². The van der Waals surface area contributed by atoms with Gasteiger partial charge in [0.05, 0.1) is 6.04 Å². The van der Waals surface area contributed by atoms with Gasteiger partial charge in [0.25, 0.3) is 0 Å². The molecule has 29 heavy (non-hydrogen) atoms. The van der Waals surface area contributed by atoms with E-state index in [1.54, 1.807) is 0 Å². The first-order valence-electron chi connectivity index (χ1n) is 10.5. The summed E-state index contributed by atoms with van der Waals surface area (Å²) in [5, 5.41) is 15.6.